The molecule has 1 aliphatic heterocycles. The van der Waals surface area contributed by atoms with Crippen molar-refractivity contribution in [2.75, 3.05) is 13.2 Å². The first-order valence-corrected chi connectivity index (χ1v) is 6.41. The summed E-state index contributed by atoms with van der Waals surface area (Å²) in [6.45, 7) is 2.75. The molecule has 1 heterocycles. The maximum atomic E-state index is 11.8. The van der Waals surface area contributed by atoms with Crippen LogP contribution in [0.25, 0.3) is 0 Å². The van der Waals surface area contributed by atoms with Crippen LogP contribution in [0.1, 0.15) is 39.0 Å². The first-order chi connectivity index (χ1) is 8.67. The Kier molecular flexibility index (Phi) is 6.35. The monoisotopic (exact) mass is 255 g/mol. The fourth-order valence-electron chi connectivity index (χ4n) is 1.92. The third kappa shape index (κ3) is 4.83. The molecular formula is C12H21N3O3. The maximum Gasteiger partial charge on any atom is 0.267 e. The lowest BCUT2D eigenvalue weighted by Gasteiger charge is -2.17. The van der Waals surface area contributed by atoms with E-state index in [1.54, 1.807) is 0 Å². The van der Waals surface area contributed by atoms with Gasteiger partial charge in [0, 0.05) is 26.0 Å². The fourth-order valence-corrected chi connectivity index (χ4v) is 1.92. The Bertz CT molecular complexity index is 323. The van der Waals surface area contributed by atoms with Gasteiger partial charge in [0.05, 0.1) is 0 Å². The number of rotatable bonds is 7. The quantitative estimate of drug-likeness (QED) is 0.605. The third-order valence-electron chi connectivity index (χ3n) is 2.95. The zero-order chi connectivity index (χ0) is 13.4. The van der Waals surface area contributed by atoms with Crippen molar-refractivity contribution in [2.24, 2.45) is 11.0 Å². The molecule has 0 aliphatic carbocycles. The number of hydrogen-bond donors (Lipinski definition) is 3. The number of carbonyl (C=O) groups is 2. The normalized spacial score (nSPS) is 16.8. The zero-order valence-corrected chi connectivity index (χ0v) is 10.7. The second kappa shape index (κ2) is 7.81. The van der Waals surface area contributed by atoms with Gasteiger partial charge in [-0.05, 0) is 18.8 Å². The van der Waals surface area contributed by atoms with E-state index in [0.717, 1.165) is 12.8 Å². The average Bonchev–Trinajstić information content (AvgIpc) is 2.37. The smallest absolute Gasteiger partial charge is 0.267 e. The summed E-state index contributed by atoms with van der Waals surface area (Å²) in [5.74, 6) is -0.0903. The number of hydrogen-bond acceptors (Lipinski definition) is 4. The van der Waals surface area contributed by atoms with Gasteiger partial charge in [0.25, 0.3) is 5.91 Å². The minimum atomic E-state index is -0.228. The molecule has 102 valence electrons. The van der Waals surface area contributed by atoms with Crippen molar-refractivity contribution in [3.63, 3.8) is 0 Å². The molecule has 1 unspecified atom stereocenters. The van der Waals surface area contributed by atoms with Gasteiger partial charge >= 0.3 is 0 Å². The molecule has 0 fully saturated rings. The van der Waals surface area contributed by atoms with Crippen molar-refractivity contribution >= 4 is 17.5 Å². The molecule has 0 spiro atoms. The van der Waals surface area contributed by atoms with Crippen LogP contribution in [0.2, 0.25) is 0 Å². The summed E-state index contributed by atoms with van der Waals surface area (Å²) in [5.41, 5.74) is 2.67. The van der Waals surface area contributed by atoms with Crippen LogP contribution in [0, 0.1) is 5.92 Å². The topological polar surface area (TPSA) is 90.8 Å². The summed E-state index contributed by atoms with van der Waals surface area (Å²) < 4.78 is 0. The number of amides is 2. The molecule has 1 rings (SSSR count). The van der Waals surface area contributed by atoms with E-state index >= 15 is 0 Å². The van der Waals surface area contributed by atoms with E-state index in [2.05, 4.69) is 22.8 Å². The predicted octanol–water partition coefficient (Wildman–Crippen LogP) is 0.167. The van der Waals surface area contributed by atoms with Crippen LogP contribution in [0.15, 0.2) is 5.10 Å². The number of carbonyl (C=O) groups excluding carboxylic acids is 2. The highest BCUT2D eigenvalue weighted by Crippen LogP contribution is 2.09. The second-order valence-electron chi connectivity index (χ2n) is 4.47. The van der Waals surface area contributed by atoms with Crippen LogP contribution >= 0.6 is 0 Å². The van der Waals surface area contributed by atoms with Gasteiger partial charge in [-0.2, -0.15) is 5.10 Å². The summed E-state index contributed by atoms with van der Waals surface area (Å²) in [4.78, 5) is 22.7. The summed E-state index contributed by atoms with van der Waals surface area (Å²) in [7, 11) is 0. The molecule has 0 radical (unpaired) electrons. The van der Waals surface area contributed by atoms with Crippen LogP contribution in [-0.4, -0.2) is 35.8 Å². The van der Waals surface area contributed by atoms with Crippen LogP contribution in [0.5, 0.6) is 0 Å². The van der Waals surface area contributed by atoms with E-state index in [9.17, 15) is 9.59 Å². The molecule has 1 atom stereocenters. The van der Waals surface area contributed by atoms with Gasteiger partial charge < -0.3 is 10.4 Å². The van der Waals surface area contributed by atoms with Crippen LogP contribution in [-0.2, 0) is 9.59 Å². The number of hydrazone groups is 1. The number of nitrogens with zero attached hydrogens (tertiary/aromatic N) is 1. The van der Waals surface area contributed by atoms with Gasteiger partial charge in [0.2, 0.25) is 5.91 Å². The molecule has 6 nitrogen and oxygen atoms in total. The summed E-state index contributed by atoms with van der Waals surface area (Å²) in [5, 5.41) is 15.5. The standard InChI is InChI=1S/C12H21N3O3/c1-2-3-9(6-7-16)8-13-12(18)10-4-5-11(17)15-14-10/h9,16H,2-8H2,1H3,(H,13,18)(H,15,17). The molecule has 3 N–H and O–H groups in total. The van der Waals surface area contributed by atoms with Crippen molar-refractivity contribution in [1.29, 1.82) is 0 Å². The Balaban J connectivity index is 2.37. The summed E-state index contributed by atoms with van der Waals surface area (Å²) in [6, 6.07) is 0. The minimum absolute atomic E-state index is 0.136. The van der Waals surface area contributed by atoms with Gasteiger partial charge in [-0.3, -0.25) is 9.59 Å². The van der Waals surface area contributed by atoms with Crippen molar-refractivity contribution < 1.29 is 14.7 Å². The zero-order valence-electron chi connectivity index (χ0n) is 10.7. The van der Waals surface area contributed by atoms with Crippen LogP contribution in [0.3, 0.4) is 0 Å². The minimum Gasteiger partial charge on any atom is -0.396 e. The average molecular weight is 255 g/mol. The van der Waals surface area contributed by atoms with Gasteiger partial charge in [0.15, 0.2) is 0 Å². The predicted molar refractivity (Wildman–Crippen MR) is 67.9 cm³/mol. The van der Waals surface area contributed by atoms with E-state index in [1.807, 2.05) is 0 Å². The summed E-state index contributed by atoms with van der Waals surface area (Å²) >= 11 is 0. The van der Waals surface area contributed by atoms with Crippen molar-refractivity contribution in [3.8, 4) is 0 Å². The molecule has 1 aliphatic rings. The third-order valence-corrected chi connectivity index (χ3v) is 2.95. The molecule has 6 heteroatoms. The first-order valence-electron chi connectivity index (χ1n) is 6.41. The Hall–Kier alpha value is -1.43. The molecular weight excluding hydrogens is 234 g/mol. The molecule has 18 heavy (non-hydrogen) atoms. The van der Waals surface area contributed by atoms with Gasteiger partial charge in [0.1, 0.15) is 5.71 Å². The molecule has 0 saturated heterocycles. The van der Waals surface area contributed by atoms with E-state index in [0.29, 0.717) is 37.4 Å². The number of aliphatic hydroxyl groups excluding tert-OH is 1. The van der Waals surface area contributed by atoms with E-state index in [1.165, 1.54) is 0 Å². The second-order valence-corrected chi connectivity index (χ2v) is 4.47. The molecule has 0 aromatic heterocycles. The SMILES string of the molecule is CCCC(CCO)CNC(=O)C1=NNC(=O)CC1. The molecule has 2 amide bonds. The Morgan fingerprint density at radius 1 is 1.50 bits per heavy atom. The maximum absolute atomic E-state index is 11.8. The molecule has 0 aromatic rings. The largest absolute Gasteiger partial charge is 0.396 e. The highest BCUT2D eigenvalue weighted by atomic mass is 16.3. The fraction of sp³-hybridized carbons (Fsp3) is 0.750. The van der Waals surface area contributed by atoms with Crippen molar-refractivity contribution in [3.05, 3.63) is 0 Å². The Morgan fingerprint density at radius 3 is 2.83 bits per heavy atom. The van der Waals surface area contributed by atoms with Gasteiger partial charge in [-0.1, -0.05) is 13.3 Å². The highest BCUT2D eigenvalue weighted by molar-refractivity contribution is 6.39. The lowest BCUT2D eigenvalue weighted by atomic mass is 10.00. The van der Waals surface area contributed by atoms with Crippen LogP contribution in [0.4, 0.5) is 0 Å². The lowest BCUT2D eigenvalue weighted by Crippen LogP contribution is -2.39. The molecule has 0 bridgehead atoms. The molecule has 0 aromatic carbocycles. The van der Waals surface area contributed by atoms with Gasteiger partial charge in [-0.15, -0.1) is 0 Å². The van der Waals surface area contributed by atoms with Crippen molar-refractivity contribution in [1.82, 2.24) is 10.7 Å². The van der Waals surface area contributed by atoms with Crippen LogP contribution < -0.4 is 10.7 Å². The Labute approximate surface area is 107 Å². The Morgan fingerprint density at radius 2 is 2.28 bits per heavy atom. The number of nitrogens with one attached hydrogen (secondary N) is 2. The van der Waals surface area contributed by atoms with E-state index in [-0.39, 0.29) is 18.4 Å². The first kappa shape index (κ1) is 14.6. The number of aliphatic hydroxyl groups is 1. The van der Waals surface area contributed by atoms with Gasteiger partial charge in [-0.25, -0.2) is 5.43 Å². The van der Waals surface area contributed by atoms with Crippen molar-refractivity contribution in [2.45, 2.75) is 39.0 Å². The van der Waals surface area contributed by atoms with E-state index in [4.69, 9.17) is 5.11 Å². The van der Waals surface area contributed by atoms with E-state index < -0.39 is 0 Å². The summed E-state index contributed by atoms with van der Waals surface area (Å²) in [6.07, 6.45) is 3.39. The highest BCUT2D eigenvalue weighted by Gasteiger charge is 2.18. The molecule has 0 saturated carbocycles. The lowest BCUT2D eigenvalue weighted by molar-refractivity contribution is -0.121.